The standard InChI is InChI=1S/C21H32N4O2/c1-24-12-3-2-4-18(24)7-11-22-20(26)17-5-6-19(23-16-17)25-13-8-21(9-14-25)10-15-27-21/h5-6,16,18H,2-4,7-15H2,1H3,(H,22,26)/t18-/m0/s1. The fourth-order valence-electron chi connectivity index (χ4n) is 4.60. The Hall–Kier alpha value is -1.66. The smallest absolute Gasteiger partial charge is 0.252 e. The molecule has 6 heteroatoms. The van der Waals surface area contributed by atoms with Crippen LogP contribution in [0.25, 0.3) is 0 Å². The van der Waals surface area contributed by atoms with Crippen LogP contribution < -0.4 is 10.2 Å². The number of rotatable bonds is 5. The number of hydrogen-bond donors (Lipinski definition) is 1. The summed E-state index contributed by atoms with van der Waals surface area (Å²) in [7, 11) is 2.19. The maximum absolute atomic E-state index is 12.4. The van der Waals surface area contributed by atoms with Crippen molar-refractivity contribution in [3.8, 4) is 0 Å². The highest BCUT2D eigenvalue weighted by Gasteiger charge is 2.41. The molecule has 4 heterocycles. The van der Waals surface area contributed by atoms with Gasteiger partial charge < -0.3 is 19.9 Å². The zero-order chi connectivity index (χ0) is 18.7. The third-order valence-corrected chi connectivity index (χ3v) is 6.66. The maximum atomic E-state index is 12.4. The van der Waals surface area contributed by atoms with Gasteiger partial charge in [-0.1, -0.05) is 6.42 Å². The zero-order valence-corrected chi connectivity index (χ0v) is 16.5. The normalized spacial score (nSPS) is 25.2. The topological polar surface area (TPSA) is 57.7 Å². The Labute approximate surface area is 162 Å². The molecule has 4 rings (SSSR count). The van der Waals surface area contributed by atoms with Crippen LogP contribution >= 0.6 is 0 Å². The number of carbonyl (C=O) groups is 1. The summed E-state index contributed by atoms with van der Waals surface area (Å²) in [4.78, 5) is 21.7. The Kier molecular flexibility index (Phi) is 5.64. The first-order chi connectivity index (χ1) is 13.2. The van der Waals surface area contributed by atoms with Gasteiger partial charge in [-0.2, -0.15) is 0 Å². The van der Waals surface area contributed by atoms with E-state index in [1.807, 2.05) is 12.1 Å². The summed E-state index contributed by atoms with van der Waals surface area (Å²) in [5.41, 5.74) is 0.800. The molecule has 1 atom stereocenters. The number of carbonyl (C=O) groups excluding carboxylic acids is 1. The second kappa shape index (κ2) is 8.15. The lowest BCUT2D eigenvalue weighted by Crippen LogP contribution is -2.52. The summed E-state index contributed by atoms with van der Waals surface area (Å²) >= 11 is 0. The van der Waals surface area contributed by atoms with Crippen molar-refractivity contribution in [3.05, 3.63) is 23.9 Å². The highest BCUT2D eigenvalue weighted by molar-refractivity contribution is 5.94. The number of amides is 1. The lowest BCUT2D eigenvalue weighted by Gasteiger charge is -2.47. The van der Waals surface area contributed by atoms with E-state index in [0.717, 1.165) is 51.3 Å². The average Bonchev–Trinajstić information content (AvgIpc) is 2.68. The minimum atomic E-state index is -0.0204. The van der Waals surface area contributed by atoms with Gasteiger partial charge in [0.2, 0.25) is 0 Å². The molecule has 0 radical (unpaired) electrons. The molecule has 0 aromatic carbocycles. The molecule has 0 saturated carbocycles. The minimum absolute atomic E-state index is 0.0204. The third-order valence-electron chi connectivity index (χ3n) is 6.66. The number of pyridine rings is 1. The number of likely N-dealkylation sites (tertiary alicyclic amines) is 1. The average molecular weight is 373 g/mol. The number of hydrogen-bond acceptors (Lipinski definition) is 5. The molecular formula is C21H32N4O2. The van der Waals surface area contributed by atoms with E-state index in [1.165, 1.54) is 32.2 Å². The van der Waals surface area contributed by atoms with Gasteiger partial charge in [0.1, 0.15) is 5.82 Å². The summed E-state index contributed by atoms with van der Waals surface area (Å²) in [6.07, 6.45) is 9.92. The van der Waals surface area contributed by atoms with Crippen molar-refractivity contribution >= 4 is 11.7 Å². The first-order valence-corrected chi connectivity index (χ1v) is 10.5. The van der Waals surface area contributed by atoms with Crippen molar-refractivity contribution in [3.63, 3.8) is 0 Å². The largest absolute Gasteiger partial charge is 0.375 e. The lowest BCUT2D eigenvalue weighted by molar-refractivity contribution is -0.158. The predicted octanol–water partition coefficient (Wildman–Crippen LogP) is 2.45. The van der Waals surface area contributed by atoms with E-state index >= 15 is 0 Å². The Morgan fingerprint density at radius 3 is 2.70 bits per heavy atom. The Balaban J connectivity index is 1.24. The predicted molar refractivity (Wildman–Crippen MR) is 106 cm³/mol. The van der Waals surface area contributed by atoms with Gasteiger partial charge in [-0.15, -0.1) is 0 Å². The monoisotopic (exact) mass is 372 g/mol. The van der Waals surface area contributed by atoms with Crippen molar-refractivity contribution in [2.45, 2.75) is 56.6 Å². The van der Waals surface area contributed by atoms with Crippen molar-refractivity contribution < 1.29 is 9.53 Å². The summed E-state index contributed by atoms with van der Waals surface area (Å²) in [5.74, 6) is 0.942. The number of ether oxygens (including phenoxy) is 1. The summed E-state index contributed by atoms with van der Waals surface area (Å²) < 4.78 is 5.78. The molecule has 1 aromatic heterocycles. The zero-order valence-electron chi connectivity index (χ0n) is 16.5. The molecule has 3 aliphatic heterocycles. The summed E-state index contributed by atoms with van der Waals surface area (Å²) in [6, 6.07) is 4.47. The number of aromatic nitrogens is 1. The van der Waals surface area contributed by atoms with E-state index in [2.05, 4.69) is 27.1 Å². The van der Waals surface area contributed by atoms with Gasteiger partial charge in [0.05, 0.1) is 17.8 Å². The molecular weight excluding hydrogens is 340 g/mol. The van der Waals surface area contributed by atoms with Crippen LogP contribution in [0, 0.1) is 0 Å². The molecule has 3 aliphatic rings. The van der Waals surface area contributed by atoms with Crippen LogP contribution in [0.1, 0.15) is 55.3 Å². The molecule has 3 saturated heterocycles. The number of piperidine rings is 2. The van der Waals surface area contributed by atoms with E-state index in [4.69, 9.17) is 4.74 Å². The molecule has 0 unspecified atom stereocenters. The fourth-order valence-corrected chi connectivity index (χ4v) is 4.60. The van der Waals surface area contributed by atoms with Crippen LogP contribution in [0.4, 0.5) is 5.82 Å². The summed E-state index contributed by atoms with van der Waals surface area (Å²) in [5, 5.41) is 3.06. The number of nitrogens with one attached hydrogen (secondary N) is 1. The molecule has 1 spiro atoms. The van der Waals surface area contributed by atoms with Gasteiger partial charge in [0, 0.05) is 31.9 Å². The van der Waals surface area contributed by atoms with Gasteiger partial charge in [0.25, 0.3) is 5.91 Å². The fraction of sp³-hybridized carbons (Fsp3) is 0.714. The van der Waals surface area contributed by atoms with Crippen LogP contribution in [-0.2, 0) is 4.74 Å². The van der Waals surface area contributed by atoms with Crippen molar-refractivity contribution in [1.29, 1.82) is 0 Å². The first kappa shape index (κ1) is 18.7. The van der Waals surface area contributed by atoms with Gasteiger partial charge in [-0.05, 0) is 64.3 Å². The first-order valence-electron chi connectivity index (χ1n) is 10.5. The van der Waals surface area contributed by atoms with Crippen molar-refractivity contribution in [1.82, 2.24) is 15.2 Å². The van der Waals surface area contributed by atoms with Gasteiger partial charge in [-0.3, -0.25) is 4.79 Å². The number of nitrogens with zero attached hydrogens (tertiary/aromatic N) is 3. The number of anilines is 1. The van der Waals surface area contributed by atoms with E-state index < -0.39 is 0 Å². The van der Waals surface area contributed by atoms with Gasteiger partial charge in [0.15, 0.2) is 0 Å². The van der Waals surface area contributed by atoms with Crippen molar-refractivity contribution in [2.75, 3.05) is 44.7 Å². The third kappa shape index (κ3) is 4.27. The molecule has 6 nitrogen and oxygen atoms in total. The van der Waals surface area contributed by atoms with Crippen molar-refractivity contribution in [2.24, 2.45) is 0 Å². The molecule has 148 valence electrons. The molecule has 1 aromatic rings. The maximum Gasteiger partial charge on any atom is 0.252 e. The lowest BCUT2D eigenvalue weighted by atomic mass is 9.84. The van der Waals surface area contributed by atoms with Crippen LogP contribution in [-0.4, -0.2) is 67.3 Å². The molecule has 1 amide bonds. The van der Waals surface area contributed by atoms with E-state index in [-0.39, 0.29) is 11.5 Å². The Bertz CT molecular complexity index is 634. The van der Waals surface area contributed by atoms with E-state index in [1.54, 1.807) is 6.20 Å². The SMILES string of the molecule is CN1CCCC[C@H]1CCNC(=O)c1ccc(N2CCC3(CCO3)CC2)nc1. The highest BCUT2D eigenvalue weighted by atomic mass is 16.5. The Morgan fingerprint density at radius 1 is 1.26 bits per heavy atom. The molecule has 3 fully saturated rings. The molecule has 1 N–H and O–H groups in total. The minimum Gasteiger partial charge on any atom is -0.375 e. The highest BCUT2D eigenvalue weighted by Crippen LogP contribution is 2.37. The second-order valence-electron chi connectivity index (χ2n) is 8.35. The van der Waals surface area contributed by atoms with E-state index in [0.29, 0.717) is 11.6 Å². The summed E-state index contributed by atoms with van der Waals surface area (Å²) in [6.45, 7) is 4.78. The van der Waals surface area contributed by atoms with E-state index in [9.17, 15) is 4.79 Å². The Morgan fingerprint density at radius 2 is 2.07 bits per heavy atom. The van der Waals surface area contributed by atoms with Crippen LogP contribution in [0.3, 0.4) is 0 Å². The molecule has 0 bridgehead atoms. The van der Waals surface area contributed by atoms with Gasteiger partial charge >= 0.3 is 0 Å². The van der Waals surface area contributed by atoms with Crippen LogP contribution in [0.5, 0.6) is 0 Å². The molecule has 0 aliphatic carbocycles. The van der Waals surface area contributed by atoms with Crippen LogP contribution in [0.15, 0.2) is 18.3 Å². The second-order valence-corrected chi connectivity index (χ2v) is 8.35. The van der Waals surface area contributed by atoms with Crippen LogP contribution in [0.2, 0.25) is 0 Å². The molecule has 27 heavy (non-hydrogen) atoms. The quantitative estimate of drug-likeness (QED) is 0.860. The van der Waals surface area contributed by atoms with Gasteiger partial charge in [-0.25, -0.2) is 4.98 Å².